The summed E-state index contributed by atoms with van der Waals surface area (Å²) in [6.07, 6.45) is 0. The molecule has 1 saturated heterocycles. The molecule has 1 aliphatic rings. The minimum Gasteiger partial charge on any atom is -0.497 e. The molecule has 3 rings (SSSR count). The van der Waals surface area contributed by atoms with E-state index in [0.717, 1.165) is 0 Å². The van der Waals surface area contributed by atoms with Crippen molar-refractivity contribution in [1.29, 1.82) is 0 Å². The maximum atomic E-state index is 12.9. The van der Waals surface area contributed by atoms with Gasteiger partial charge in [0.2, 0.25) is 0 Å². The standard InChI is InChI=1S/C18H18N2O4S2/c1-23-13-7-3-11(4-8-13)19-15(21)18(26)20(16(22)17(19)25)12-5-9-14(24-2)10-6-12/h3-10,17-18,25-26H,1-2H3. The van der Waals surface area contributed by atoms with Gasteiger partial charge in [-0.3, -0.25) is 19.4 Å². The fraction of sp³-hybridized carbons (Fsp3) is 0.222. The van der Waals surface area contributed by atoms with E-state index in [4.69, 9.17) is 9.47 Å². The van der Waals surface area contributed by atoms with Crippen molar-refractivity contribution in [1.82, 2.24) is 0 Å². The fourth-order valence-electron chi connectivity index (χ4n) is 2.73. The van der Waals surface area contributed by atoms with Crippen molar-refractivity contribution in [3.8, 4) is 11.5 Å². The van der Waals surface area contributed by atoms with E-state index >= 15 is 0 Å². The summed E-state index contributed by atoms with van der Waals surface area (Å²) in [4.78, 5) is 28.5. The molecule has 2 atom stereocenters. The van der Waals surface area contributed by atoms with Gasteiger partial charge in [0.1, 0.15) is 11.5 Å². The minimum absolute atomic E-state index is 0.339. The number of amides is 2. The first-order valence-electron chi connectivity index (χ1n) is 7.78. The van der Waals surface area contributed by atoms with Crippen molar-refractivity contribution in [3.63, 3.8) is 0 Å². The van der Waals surface area contributed by atoms with E-state index in [1.807, 2.05) is 0 Å². The molecule has 2 aromatic carbocycles. The molecule has 2 amide bonds. The van der Waals surface area contributed by atoms with Gasteiger partial charge in [-0.2, -0.15) is 0 Å². The van der Waals surface area contributed by atoms with E-state index in [0.29, 0.717) is 22.9 Å². The maximum absolute atomic E-state index is 12.9. The molecule has 0 aromatic heterocycles. The van der Waals surface area contributed by atoms with Gasteiger partial charge in [-0.25, -0.2) is 0 Å². The van der Waals surface area contributed by atoms with Gasteiger partial charge in [0, 0.05) is 11.4 Å². The number of carbonyl (C=O) groups excluding carboxylic acids is 2. The van der Waals surface area contributed by atoms with Gasteiger partial charge < -0.3 is 9.47 Å². The Morgan fingerprint density at radius 3 is 1.27 bits per heavy atom. The second-order valence-electron chi connectivity index (χ2n) is 5.56. The first-order valence-corrected chi connectivity index (χ1v) is 8.81. The minimum atomic E-state index is -0.957. The first-order chi connectivity index (χ1) is 12.5. The van der Waals surface area contributed by atoms with E-state index in [2.05, 4.69) is 25.3 Å². The van der Waals surface area contributed by atoms with Crippen LogP contribution in [-0.4, -0.2) is 36.8 Å². The van der Waals surface area contributed by atoms with Crippen LogP contribution in [0.3, 0.4) is 0 Å². The van der Waals surface area contributed by atoms with Crippen LogP contribution in [0.1, 0.15) is 0 Å². The molecule has 0 aliphatic carbocycles. The third kappa shape index (κ3) is 3.22. The molecule has 1 fully saturated rings. The van der Waals surface area contributed by atoms with Crippen LogP contribution >= 0.6 is 25.3 Å². The highest BCUT2D eigenvalue weighted by atomic mass is 32.1. The molecule has 0 saturated carbocycles. The highest BCUT2D eigenvalue weighted by molar-refractivity contribution is 7.83. The summed E-state index contributed by atoms with van der Waals surface area (Å²) in [5, 5.41) is -1.91. The molecule has 6 nitrogen and oxygen atoms in total. The van der Waals surface area contributed by atoms with Crippen LogP contribution in [0, 0.1) is 0 Å². The van der Waals surface area contributed by atoms with Crippen LogP contribution in [0.4, 0.5) is 11.4 Å². The summed E-state index contributed by atoms with van der Waals surface area (Å²) >= 11 is 8.77. The maximum Gasteiger partial charge on any atom is 0.261 e. The summed E-state index contributed by atoms with van der Waals surface area (Å²) < 4.78 is 10.2. The summed E-state index contributed by atoms with van der Waals surface area (Å²) in [6.45, 7) is 0. The van der Waals surface area contributed by atoms with E-state index in [1.165, 1.54) is 9.80 Å². The van der Waals surface area contributed by atoms with E-state index in [1.54, 1.807) is 62.8 Å². The molecule has 136 valence electrons. The normalized spacial score (nSPS) is 20.3. The van der Waals surface area contributed by atoms with Crippen LogP contribution < -0.4 is 19.3 Å². The average molecular weight is 390 g/mol. The van der Waals surface area contributed by atoms with Crippen LogP contribution in [0.5, 0.6) is 11.5 Å². The molecule has 1 heterocycles. The lowest BCUT2D eigenvalue weighted by Gasteiger charge is -2.41. The zero-order chi connectivity index (χ0) is 18.8. The van der Waals surface area contributed by atoms with Gasteiger partial charge in [-0.1, -0.05) is 0 Å². The molecule has 2 unspecified atom stereocenters. The quantitative estimate of drug-likeness (QED) is 0.788. The number of rotatable bonds is 4. The van der Waals surface area contributed by atoms with Crippen molar-refractivity contribution in [3.05, 3.63) is 48.5 Å². The number of methoxy groups -OCH3 is 2. The summed E-state index contributed by atoms with van der Waals surface area (Å²) in [7, 11) is 3.12. The van der Waals surface area contributed by atoms with Crippen molar-refractivity contribution < 1.29 is 19.1 Å². The summed E-state index contributed by atoms with van der Waals surface area (Å²) in [5.41, 5.74) is 1.11. The first kappa shape index (κ1) is 18.5. The van der Waals surface area contributed by atoms with Crippen molar-refractivity contribution >= 4 is 48.4 Å². The summed E-state index contributed by atoms with van der Waals surface area (Å²) in [6, 6.07) is 13.7. The molecule has 26 heavy (non-hydrogen) atoms. The SMILES string of the molecule is COc1ccc(N2C(=O)C(S)N(c3ccc(OC)cc3)C(=O)C2S)cc1. The Hall–Kier alpha value is -2.32. The van der Waals surface area contributed by atoms with Crippen molar-refractivity contribution in [2.45, 2.75) is 10.7 Å². The molecular weight excluding hydrogens is 372 g/mol. The molecule has 8 heteroatoms. The molecular formula is C18H18N2O4S2. The molecule has 2 aromatic rings. The van der Waals surface area contributed by atoms with Gasteiger partial charge in [0.05, 0.1) is 14.2 Å². The predicted molar refractivity (Wildman–Crippen MR) is 107 cm³/mol. The van der Waals surface area contributed by atoms with E-state index in [-0.39, 0.29) is 11.8 Å². The molecule has 0 spiro atoms. The Morgan fingerprint density at radius 2 is 1.00 bits per heavy atom. The van der Waals surface area contributed by atoms with Crippen LogP contribution in [0.2, 0.25) is 0 Å². The molecule has 0 N–H and O–H groups in total. The number of nitrogens with zero attached hydrogens (tertiary/aromatic N) is 2. The zero-order valence-electron chi connectivity index (χ0n) is 14.2. The number of hydrogen-bond acceptors (Lipinski definition) is 6. The largest absolute Gasteiger partial charge is 0.497 e. The molecule has 1 aliphatic heterocycles. The topological polar surface area (TPSA) is 59.1 Å². The second-order valence-corrected chi connectivity index (χ2v) is 6.54. The number of piperazine rings is 1. The Labute approximate surface area is 162 Å². The molecule has 0 bridgehead atoms. The van der Waals surface area contributed by atoms with Crippen LogP contribution in [0.15, 0.2) is 48.5 Å². The lowest BCUT2D eigenvalue weighted by Crippen LogP contribution is -2.62. The van der Waals surface area contributed by atoms with Crippen LogP contribution in [-0.2, 0) is 9.59 Å². The number of benzene rings is 2. The van der Waals surface area contributed by atoms with E-state index in [9.17, 15) is 9.59 Å². The monoisotopic (exact) mass is 390 g/mol. The number of carbonyl (C=O) groups is 2. The molecule has 0 radical (unpaired) electrons. The van der Waals surface area contributed by atoms with Gasteiger partial charge in [0.25, 0.3) is 11.8 Å². The third-order valence-electron chi connectivity index (χ3n) is 4.11. The average Bonchev–Trinajstić information content (AvgIpc) is 2.68. The number of thiol groups is 2. The Balaban J connectivity index is 1.92. The van der Waals surface area contributed by atoms with Gasteiger partial charge in [0.15, 0.2) is 10.7 Å². The zero-order valence-corrected chi connectivity index (χ0v) is 16.0. The number of hydrogen-bond donors (Lipinski definition) is 2. The smallest absolute Gasteiger partial charge is 0.261 e. The third-order valence-corrected chi connectivity index (χ3v) is 5.01. The van der Waals surface area contributed by atoms with Crippen molar-refractivity contribution in [2.75, 3.05) is 24.0 Å². The second kappa shape index (κ2) is 7.51. The van der Waals surface area contributed by atoms with Gasteiger partial charge >= 0.3 is 0 Å². The number of ether oxygens (including phenoxy) is 2. The fourth-order valence-corrected chi connectivity index (χ4v) is 3.48. The van der Waals surface area contributed by atoms with Crippen LogP contribution in [0.25, 0.3) is 0 Å². The number of anilines is 2. The van der Waals surface area contributed by atoms with E-state index < -0.39 is 10.7 Å². The highest BCUT2D eigenvalue weighted by Crippen LogP contribution is 2.33. The Bertz CT molecular complexity index is 741. The Morgan fingerprint density at radius 1 is 0.692 bits per heavy atom. The Kier molecular flexibility index (Phi) is 5.33. The summed E-state index contributed by atoms with van der Waals surface area (Å²) in [5.74, 6) is 0.632. The van der Waals surface area contributed by atoms with Gasteiger partial charge in [-0.15, -0.1) is 25.3 Å². The predicted octanol–water partition coefficient (Wildman–Crippen LogP) is 2.60. The lowest BCUT2D eigenvalue weighted by molar-refractivity contribution is -0.127. The van der Waals surface area contributed by atoms with Gasteiger partial charge in [-0.05, 0) is 48.5 Å². The highest BCUT2D eigenvalue weighted by Gasteiger charge is 2.44. The van der Waals surface area contributed by atoms with Crippen molar-refractivity contribution in [2.24, 2.45) is 0 Å². The lowest BCUT2D eigenvalue weighted by atomic mass is 10.2.